The van der Waals surface area contributed by atoms with Crippen molar-refractivity contribution in [1.29, 1.82) is 5.26 Å². The summed E-state index contributed by atoms with van der Waals surface area (Å²) in [5.41, 5.74) is 2.79. The second-order valence-corrected chi connectivity index (χ2v) is 8.34. The van der Waals surface area contributed by atoms with Gasteiger partial charge in [0.25, 0.3) is 0 Å². The van der Waals surface area contributed by atoms with Crippen molar-refractivity contribution in [2.75, 3.05) is 18.0 Å². The van der Waals surface area contributed by atoms with Gasteiger partial charge in [0.15, 0.2) is 0 Å². The molecule has 1 aromatic carbocycles. The first-order valence-electron chi connectivity index (χ1n) is 10.5. The zero-order valence-corrected chi connectivity index (χ0v) is 17.2. The summed E-state index contributed by atoms with van der Waals surface area (Å²) in [5.74, 6) is 0.617. The second kappa shape index (κ2) is 7.95. The van der Waals surface area contributed by atoms with Gasteiger partial charge in [0, 0.05) is 55.2 Å². The minimum absolute atomic E-state index is 0.225. The Bertz CT molecular complexity index is 1120. The number of piperazine rings is 1. The molecule has 0 aliphatic carbocycles. The molecule has 2 aliphatic rings. The van der Waals surface area contributed by atoms with E-state index in [0.717, 1.165) is 61.6 Å². The zero-order valence-electron chi connectivity index (χ0n) is 17.2. The predicted octanol–water partition coefficient (Wildman–Crippen LogP) is 4.22. The normalized spacial score (nSPS) is 21.0. The SMILES string of the molecule is N#Cc1ccc(-c2n[nH]cc2CN2CC3CCC(C2)N3c2ccc(C(F)(F)F)cn2)cc1. The number of likely N-dealkylation sites (tertiary alicyclic amines) is 1. The summed E-state index contributed by atoms with van der Waals surface area (Å²) >= 11 is 0. The molecule has 3 aromatic rings. The number of hydrogen-bond donors (Lipinski definition) is 1. The van der Waals surface area contributed by atoms with Gasteiger partial charge < -0.3 is 4.90 Å². The third kappa shape index (κ3) is 3.82. The van der Waals surface area contributed by atoms with Crippen LogP contribution in [0.4, 0.5) is 19.0 Å². The van der Waals surface area contributed by atoms with Crippen molar-refractivity contribution < 1.29 is 13.2 Å². The number of fused-ring (bicyclic) bond motifs is 2. The summed E-state index contributed by atoms with van der Waals surface area (Å²) in [7, 11) is 0. The van der Waals surface area contributed by atoms with Crippen LogP contribution in [0.2, 0.25) is 0 Å². The largest absolute Gasteiger partial charge is 0.417 e. The number of anilines is 1. The number of aromatic amines is 1. The number of H-pyrrole nitrogens is 1. The van der Waals surface area contributed by atoms with Gasteiger partial charge in [-0.15, -0.1) is 0 Å². The van der Waals surface area contributed by atoms with Crippen LogP contribution in [0.15, 0.2) is 48.8 Å². The van der Waals surface area contributed by atoms with E-state index in [9.17, 15) is 13.2 Å². The van der Waals surface area contributed by atoms with Crippen LogP contribution in [0, 0.1) is 11.3 Å². The number of aromatic nitrogens is 3. The van der Waals surface area contributed by atoms with Gasteiger partial charge in [-0.1, -0.05) is 12.1 Å². The summed E-state index contributed by atoms with van der Waals surface area (Å²) in [5, 5.41) is 16.4. The molecule has 164 valence electrons. The Balaban J connectivity index is 1.30. The van der Waals surface area contributed by atoms with Crippen LogP contribution in [-0.4, -0.2) is 45.3 Å². The third-order valence-electron chi connectivity index (χ3n) is 6.30. The molecule has 0 saturated carbocycles. The van der Waals surface area contributed by atoms with Crippen molar-refractivity contribution in [2.45, 2.75) is 37.6 Å². The highest BCUT2D eigenvalue weighted by Gasteiger charge is 2.41. The van der Waals surface area contributed by atoms with E-state index in [1.54, 1.807) is 12.1 Å². The molecule has 2 aliphatic heterocycles. The van der Waals surface area contributed by atoms with Crippen molar-refractivity contribution in [2.24, 2.45) is 0 Å². The van der Waals surface area contributed by atoms with Crippen molar-refractivity contribution >= 4 is 5.82 Å². The van der Waals surface area contributed by atoms with Gasteiger partial charge in [-0.05, 0) is 37.1 Å². The molecule has 0 spiro atoms. The smallest absolute Gasteiger partial charge is 0.348 e. The lowest BCUT2D eigenvalue weighted by molar-refractivity contribution is -0.137. The summed E-state index contributed by atoms with van der Waals surface area (Å²) in [4.78, 5) is 8.69. The first kappa shape index (κ1) is 20.5. The van der Waals surface area contributed by atoms with E-state index in [0.29, 0.717) is 11.4 Å². The highest BCUT2D eigenvalue weighted by Crippen LogP contribution is 2.36. The lowest BCUT2D eigenvalue weighted by Crippen LogP contribution is -2.53. The maximum Gasteiger partial charge on any atom is 0.417 e. The first-order valence-corrected chi connectivity index (χ1v) is 10.5. The molecule has 2 saturated heterocycles. The number of pyridine rings is 1. The maximum atomic E-state index is 12.9. The van der Waals surface area contributed by atoms with Crippen LogP contribution < -0.4 is 4.90 Å². The topological polar surface area (TPSA) is 71.8 Å². The van der Waals surface area contributed by atoms with Gasteiger partial charge in [-0.2, -0.15) is 23.5 Å². The molecule has 4 heterocycles. The quantitative estimate of drug-likeness (QED) is 0.661. The lowest BCUT2D eigenvalue weighted by atomic mass is 10.1. The highest BCUT2D eigenvalue weighted by atomic mass is 19.4. The van der Waals surface area contributed by atoms with E-state index >= 15 is 0 Å². The summed E-state index contributed by atoms with van der Waals surface area (Å²) < 4.78 is 38.6. The minimum Gasteiger partial charge on any atom is -0.348 e. The number of halogens is 3. The molecule has 2 atom stereocenters. The molecule has 0 radical (unpaired) electrons. The van der Waals surface area contributed by atoms with Crippen LogP contribution in [0.5, 0.6) is 0 Å². The number of benzene rings is 1. The van der Waals surface area contributed by atoms with Gasteiger partial charge in [0.05, 0.1) is 22.9 Å². The van der Waals surface area contributed by atoms with Gasteiger partial charge in [-0.3, -0.25) is 10.00 Å². The Morgan fingerprint density at radius 2 is 1.78 bits per heavy atom. The van der Waals surface area contributed by atoms with Crippen LogP contribution in [0.25, 0.3) is 11.3 Å². The van der Waals surface area contributed by atoms with E-state index in [-0.39, 0.29) is 12.1 Å². The van der Waals surface area contributed by atoms with Gasteiger partial charge in [0.1, 0.15) is 5.82 Å². The molecule has 2 aromatic heterocycles. The van der Waals surface area contributed by atoms with E-state index in [1.165, 1.54) is 6.07 Å². The number of nitriles is 1. The third-order valence-corrected chi connectivity index (χ3v) is 6.30. The number of nitrogens with zero attached hydrogens (tertiary/aromatic N) is 5. The molecule has 2 fully saturated rings. The molecular formula is C23H21F3N6. The minimum atomic E-state index is -4.37. The molecule has 1 N–H and O–H groups in total. The average Bonchev–Trinajstić information content (AvgIpc) is 3.35. The molecule has 6 nitrogen and oxygen atoms in total. The molecule has 2 bridgehead atoms. The molecule has 2 unspecified atom stereocenters. The van der Waals surface area contributed by atoms with E-state index in [1.807, 2.05) is 18.3 Å². The van der Waals surface area contributed by atoms with E-state index in [2.05, 4.69) is 31.1 Å². The molecule has 9 heteroatoms. The van der Waals surface area contributed by atoms with E-state index in [4.69, 9.17) is 5.26 Å². The molecule has 32 heavy (non-hydrogen) atoms. The number of hydrogen-bond acceptors (Lipinski definition) is 5. The molecule has 5 rings (SSSR count). The molecular weight excluding hydrogens is 417 g/mol. The maximum absolute atomic E-state index is 12.9. The zero-order chi connectivity index (χ0) is 22.3. The summed E-state index contributed by atoms with van der Waals surface area (Å²) in [6, 6.07) is 12.5. The highest BCUT2D eigenvalue weighted by molar-refractivity contribution is 5.63. The lowest BCUT2D eigenvalue weighted by Gasteiger charge is -2.41. The van der Waals surface area contributed by atoms with E-state index < -0.39 is 11.7 Å². The fourth-order valence-electron chi connectivity index (χ4n) is 4.83. The van der Waals surface area contributed by atoms with Crippen LogP contribution in [0.3, 0.4) is 0 Å². The average molecular weight is 438 g/mol. The number of alkyl halides is 3. The Labute approximate surface area is 183 Å². The van der Waals surface area contributed by atoms with Gasteiger partial charge in [0.2, 0.25) is 0 Å². The van der Waals surface area contributed by atoms with Gasteiger partial charge >= 0.3 is 6.18 Å². The number of rotatable bonds is 4. The Morgan fingerprint density at radius 1 is 1.06 bits per heavy atom. The van der Waals surface area contributed by atoms with Crippen molar-refractivity contribution in [3.8, 4) is 17.3 Å². The fourth-order valence-corrected chi connectivity index (χ4v) is 4.83. The molecule has 0 amide bonds. The Morgan fingerprint density at radius 3 is 2.38 bits per heavy atom. The first-order chi connectivity index (χ1) is 15.4. The second-order valence-electron chi connectivity index (χ2n) is 8.34. The summed E-state index contributed by atoms with van der Waals surface area (Å²) in [6.45, 7) is 2.36. The van der Waals surface area contributed by atoms with Crippen LogP contribution in [-0.2, 0) is 12.7 Å². The summed E-state index contributed by atoms with van der Waals surface area (Å²) in [6.07, 6.45) is 0.450. The predicted molar refractivity (Wildman–Crippen MR) is 113 cm³/mol. The van der Waals surface area contributed by atoms with Gasteiger partial charge in [-0.25, -0.2) is 4.98 Å². The standard InChI is InChI=1S/C23H21F3N6/c24-23(25,26)18-5-8-21(28-11-18)32-19-6-7-20(32)14-31(13-19)12-17-10-29-30-22(17)16-3-1-15(9-27)2-4-16/h1-5,8,10-11,19-20H,6-7,12-14H2,(H,29,30). The fraction of sp³-hybridized carbons (Fsp3) is 0.348. The van der Waals surface area contributed by atoms with Crippen LogP contribution in [0.1, 0.15) is 29.5 Å². The van der Waals surface area contributed by atoms with Crippen molar-refractivity contribution in [1.82, 2.24) is 20.1 Å². The van der Waals surface area contributed by atoms with Crippen LogP contribution >= 0.6 is 0 Å². The Hall–Kier alpha value is -3.38. The number of nitrogens with one attached hydrogen (secondary N) is 1. The Kier molecular flexibility index (Phi) is 5.10. The monoisotopic (exact) mass is 438 g/mol. The van der Waals surface area contributed by atoms with Crippen molar-refractivity contribution in [3.63, 3.8) is 0 Å². The van der Waals surface area contributed by atoms with Crippen molar-refractivity contribution in [3.05, 3.63) is 65.5 Å².